The third kappa shape index (κ3) is 3.55. The van der Waals surface area contributed by atoms with Gasteiger partial charge >= 0.3 is 6.18 Å². The van der Waals surface area contributed by atoms with Crippen LogP contribution in [-0.2, 0) is 6.18 Å². The minimum Gasteiger partial charge on any atom is -0.345 e. The highest BCUT2D eigenvalue weighted by Crippen LogP contribution is 2.33. The Hall–Kier alpha value is -2.31. The number of aromatic nitrogens is 2. The first-order valence-corrected chi connectivity index (χ1v) is 8.31. The summed E-state index contributed by atoms with van der Waals surface area (Å²) in [5.74, 6) is -0.180. The van der Waals surface area contributed by atoms with Crippen LogP contribution < -0.4 is 4.68 Å². The molecule has 1 aliphatic rings. The minimum absolute atomic E-state index is 0.0271. The predicted octanol–water partition coefficient (Wildman–Crippen LogP) is 3.80. The number of carbonyl (C=O) groups excluding carboxylic acids is 1. The summed E-state index contributed by atoms with van der Waals surface area (Å²) in [5.41, 5.74) is 0.757. The van der Waals surface area contributed by atoms with Gasteiger partial charge in [0.05, 0.1) is 0 Å². The number of nitrogens with one attached hydrogen (secondary N) is 1. The smallest absolute Gasteiger partial charge is 0.345 e. The molecule has 2 aromatic rings. The van der Waals surface area contributed by atoms with E-state index in [0.717, 1.165) is 31.7 Å². The fourth-order valence-corrected chi connectivity index (χ4v) is 3.32. The van der Waals surface area contributed by atoms with Crippen molar-refractivity contribution in [1.29, 1.82) is 0 Å². The molecule has 0 radical (unpaired) electrons. The van der Waals surface area contributed by atoms with Crippen LogP contribution in [0.25, 0.3) is 11.3 Å². The van der Waals surface area contributed by atoms with Crippen LogP contribution in [0.4, 0.5) is 13.2 Å². The van der Waals surface area contributed by atoms with Crippen LogP contribution in [0.5, 0.6) is 0 Å². The van der Waals surface area contributed by atoms with E-state index in [0.29, 0.717) is 16.8 Å². The first kappa shape index (κ1) is 17.5. The molecule has 1 N–H and O–H groups in total. The van der Waals surface area contributed by atoms with E-state index in [-0.39, 0.29) is 11.9 Å². The van der Waals surface area contributed by atoms with Gasteiger partial charge in [-0.1, -0.05) is 6.07 Å². The number of aromatic amines is 1. The summed E-state index contributed by atoms with van der Waals surface area (Å²) >= 11 is 0. The molecule has 1 saturated carbocycles. The topological polar surface area (TPSA) is 40.0 Å². The van der Waals surface area contributed by atoms with Crippen molar-refractivity contribution in [3.63, 3.8) is 0 Å². The lowest BCUT2D eigenvalue weighted by Gasteiger charge is -2.10. The maximum absolute atomic E-state index is 13.2. The summed E-state index contributed by atoms with van der Waals surface area (Å²) in [6, 6.07) is 7.92. The highest BCUT2D eigenvalue weighted by Gasteiger charge is 2.39. The summed E-state index contributed by atoms with van der Waals surface area (Å²) in [6.45, 7) is 0. The van der Waals surface area contributed by atoms with Crippen LogP contribution in [0.3, 0.4) is 0 Å². The summed E-state index contributed by atoms with van der Waals surface area (Å²) < 4.78 is 41.2. The van der Waals surface area contributed by atoms with Crippen LogP contribution in [0.1, 0.15) is 47.8 Å². The quantitative estimate of drug-likeness (QED) is 0.839. The Morgan fingerprint density at radius 1 is 1.20 bits per heavy atom. The molecule has 0 spiro atoms. The van der Waals surface area contributed by atoms with Crippen molar-refractivity contribution < 1.29 is 22.6 Å². The van der Waals surface area contributed by atoms with E-state index >= 15 is 0 Å². The van der Waals surface area contributed by atoms with Gasteiger partial charge in [-0.2, -0.15) is 18.3 Å². The molecule has 1 amide bonds. The number of amides is 1. The first-order valence-electron chi connectivity index (χ1n) is 8.31. The van der Waals surface area contributed by atoms with Crippen molar-refractivity contribution in [3.8, 4) is 11.3 Å². The molecule has 1 aromatic carbocycles. The Labute approximate surface area is 144 Å². The molecular formula is C18H21F3N3O+. The van der Waals surface area contributed by atoms with Gasteiger partial charge in [-0.25, -0.2) is 0 Å². The zero-order valence-corrected chi connectivity index (χ0v) is 14.2. The number of halogens is 3. The predicted molar refractivity (Wildman–Crippen MR) is 86.9 cm³/mol. The molecule has 3 rings (SSSR count). The van der Waals surface area contributed by atoms with Gasteiger partial charge in [-0.05, 0) is 31.0 Å². The van der Waals surface area contributed by atoms with Crippen molar-refractivity contribution in [1.82, 2.24) is 10.00 Å². The summed E-state index contributed by atoms with van der Waals surface area (Å²) in [6.07, 6.45) is -0.708. The summed E-state index contributed by atoms with van der Waals surface area (Å²) in [7, 11) is 3.29. The molecule has 1 heterocycles. The van der Waals surface area contributed by atoms with E-state index < -0.39 is 11.9 Å². The molecule has 4 nitrogen and oxygen atoms in total. The average Bonchev–Trinajstić information content (AvgIpc) is 3.22. The molecule has 0 saturated heterocycles. The van der Waals surface area contributed by atoms with Crippen LogP contribution in [0.15, 0.2) is 30.3 Å². The second-order valence-electron chi connectivity index (χ2n) is 6.64. The van der Waals surface area contributed by atoms with Gasteiger partial charge in [0.25, 0.3) is 5.91 Å². The Morgan fingerprint density at radius 2 is 1.88 bits per heavy atom. The Balaban J connectivity index is 2.08. The molecule has 1 aliphatic carbocycles. The Kier molecular flexibility index (Phi) is 4.58. The van der Waals surface area contributed by atoms with Gasteiger partial charge in [-0.3, -0.25) is 4.79 Å². The van der Waals surface area contributed by atoms with E-state index in [1.54, 1.807) is 43.0 Å². The third-order valence-corrected chi connectivity index (χ3v) is 4.59. The number of rotatable bonds is 3. The standard InChI is InChI=1S/C18H20F3N3O/c1-23(2)17(25)13-7-5-6-12(10-13)15-11-16(18(19,20)21)22-24(15)14-8-3-4-9-14/h5-7,10-11,14H,3-4,8-9H2,1-2H3/p+1. The monoisotopic (exact) mass is 352 g/mol. The molecule has 25 heavy (non-hydrogen) atoms. The number of benzene rings is 1. The molecular weight excluding hydrogens is 331 g/mol. The Bertz CT molecular complexity index is 774. The molecule has 1 fully saturated rings. The van der Waals surface area contributed by atoms with Gasteiger partial charge in [0.15, 0.2) is 11.7 Å². The molecule has 0 unspecified atom stereocenters. The largest absolute Gasteiger partial charge is 0.436 e. The van der Waals surface area contributed by atoms with Crippen molar-refractivity contribution in [2.45, 2.75) is 37.9 Å². The van der Waals surface area contributed by atoms with Crippen LogP contribution in [0.2, 0.25) is 0 Å². The molecule has 134 valence electrons. The number of carbonyl (C=O) groups is 1. The molecule has 1 aromatic heterocycles. The first-order chi connectivity index (χ1) is 11.8. The molecule has 7 heteroatoms. The number of nitrogens with zero attached hydrogens (tertiary/aromatic N) is 2. The van der Waals surface area contributed by atoms with E-state index in [1.807, 2.05) is 0 Å². The number of alkyl halides is 3. The summed E-state index contributed by atoms with van der Waals surface area (Å²) in [4.78, 5) is 13.6. The van der Waals surface area contributed by atoms with E-state index in [9.17, 15) is 18.0 Å². The van der Waals surface area contributed by atoms with E-state index in [1.165, 1.54) is 4.90 Å². The van der Waals surface area contributed by atoms with Crippen LogP contribution in [-0.4, -0.2) is 30.0 Å². The fraction of sp³-hybridized carbons (Fsp3) is 0.444. The maximum Gasteiger partial charge on any atom is 0.436 e. The number of H-pyrrole nitrogens is 1. The summed E-state index contributed by atoms with van der Waals surface area (Å²) in [5, 5.41) is 2.53. The van der Waals surface area contributed by atoms with Gasteiger partial charge in [-0.15, -0.1) is 4.68 Å². The number of hydrogen-bond donors (Lipinski definition) is 1. The van der Waals surface area contributed by atoms with Crippen molar-refractivity contribution in [3.05, 3.63) is 41.6 Å². The lowest BCUT2D eigenvalue weighted by Crippen LogP contribution is -2.42. The lowest BCUT2D eigenvalue weighted by molar-refractivity contribution is -0.764. The SMILES string of the molecule is CN(C)C(=O)c1cccc(-c2cc(C(F)(F)F)[nH][n+]2C2CCCC2)c1. The molecule has 0 aliphatic heterocycles. The zero-order valence-electron chi connectivity index (χ0n) is 14.2. The number of hydrogen-bond acceptors (Lipinski definition) is 1. The molecule has 0 bridgehead atoms. The van der Waals surface area contributed by atoms with Gasteiger partial charge in [0.1, 0.15) is 0 Å². The highest BCUT2D eigenvalue weighted by atomic mass is 19.4. The zero-order chi connectivity index (χ0) is 18.2. The van der Waals surface area contributed by atoms with E-state index in [4.69, 9.17) is 0 Å². The normalized spacial score (nSPS) is 15.6. The average molecular weight is 352 g/mol. The maximum atomic E-state index is 13.2. The van der Waals surface area contributed by atoms with Gasteiger partial charge in [0.2, 0.25) is 5.69 Å². The van der Waals surface area contributed by atoms with Crippen molar-refractivity contribution in [2.75, 3.05) is 14.1 Å². The highest BCUT2D eigenvalue weighted by molar-refractivity contribution is 5.94. The third-order valence-electron chi connectivity index (χ3n) is 4.59. The van der Waals surface area contributed by atoms with Crippen molar-refractivity contribution in [2.24, 2.45) is 0 Å². The lowest BCUT2D eigenvalue weighted by atomic mass is 10.1. The Morgan fingerprint density at radius 3 is 2.48 bits per heavy atom. The second-order valence-corrected chi connectivity index (χ2v) is 6.64. The van der Waals surface area contributed by atoms with Gasteiger partial charge < -0.3 is 4.90 Å². The van der Waals surface area contributed by atoms with Crippen molar-refractivity contribution >= 4 is 5.91 Å². The molecule has 0 atom stereocenters. The van der Waals surface area contributed by atoms with Gasteiger partial charge in [0, 0.05) is 44.1 Å². The van der Waals surface area contributed by atoms with Crippen LogP contribution >= 0.6 is 0 Å². The van der Waals surface area contributed by atoms with Crippen LogP contribution in [0, 0.1) is 0 Å². The minimum atomic E-state index is -4.43. The fourth-order valence-electron chi connectivity index (χ4n) is 3.32. The second kappa shape index (κ2) is 6.54. The van der Waals surface area contributed by atoms with E-state index in [2.05, 4.69) is 5.10 Å².